The van der Waals surface area contributed by atoms with E-state index < -0.39 is 10.8 Å². The van der Waals surface area contributed by atoms with Gasteiger partial charge in [0.25, 0.3) is 0 Å². The maximum Gasteiger partial charge on any atom is 0.238 e. The first-order valence-corrected chi connectivity index (χ1v) is 7.65. The Morgan fingerprint density at radius 1 is 1.69 bits per heavy atom. The van der Waals surface area contributed by atoms with E-state index in [1.807, 2.05) is 17.5 Å². The van der Waals surface area contributed by atoms with E-state index in [-0.39, 0.29) is 12.1 Å². The van der Waals surface area contributed by atoms with Gasteiger partial charge < -0.3 is 4.90 Å². The van der Waals surface area contributed by atoms with E-state index >= 15 is 0 Å². The molecule has 0 spiro atoms. The molecule has 1 aromatic heterocycles. The molecule has 1 N–H and O–H groups in total. The van der Waals surface area contributed by atoms with E-state index in [1.54, 1.807) is 22.5 Å². The van der Waals surface area contributed by atoms with Gasteiger partial charge in [-0.2, -0.15) is 0 Å². The number of amides is 1. The van der Waals surface area contributed by atoms with E-state index in [1.165, 1.54) is 0 Å². The molecule has 6 heteroatoms. The molecule has 1 saturated heterocycles. The predicted octanol–water partition coefficient (Wildman–Crippen LogP) is 0.557. The van der Waals surface area contributed by atoms with Crippen molar-refractivity contribution in [2.24, 2.45) is 0 Å². The van der Waals surface area contributed by atoms with E-state index in [2.05, 4.69) is 5.32 Å². The Balaban J connectivity index is 2.07. The molecule has 88 valence electrons. The summed E-state index contributed by atoms with van der Waals surface area (Å²) >= 11 is 1.63. The molecule has 0 radical (unpaired) electrons. The lowest BCUT2D eigenvalue weighted by Crippen LogP contribution is -2.33. The highest BCUT2D eigenvalue weighted by molar-refractivity contribution is 7.84. The van der Waals surface area contributed by atoms with Gasteiger partial charge in [0.1, 0.15) is 6.17 Å². The maximum absolute atomic E-state index is 11.7. The van der Waals surface area contributed by atoms with Gasteiger partial charge in [-0.25, -0.2) is 0 Å². The average Bonchev–Trinajstić information content (AvgIpc) is 2.83. The summed E-state index contributed by atoms with van der Waals surface area (Å²) in [6.07, 6.45) is 1.63. The molecule has 2 rings (SSSR count). The number of nitrogens with one attached hydrogen (secondary N) is 1. The minimum Gasteiger partial charge on any atom is -0.320 e. The van der Waals surface area contributed by atoms with Gasteiger partial charge in [-0.15, -0.1) is 11.3 Å². The number of carbonyl (C=O) groups excluding carboxylic acids is 1. The summed E-state index contributed by atoms with van der Waals surface area (Å²) in [5, 5.41) is 5.17. The molecule has 16 heavy (non-hydrogen) atoms. The summed E-state index contributed by atoms with van der Waals surface area (Å²) < 4.78 is 11.1. The smallest absolute Gasteiger partial charge is 0.238 e. The van der Waals surface area contributed by atoms with Crippen LogP contribution in [0.1, 0.15) is 11.0 Å². The summed E-state index contributed by atoms with van der Waals surface area (Å²) in [7, 11) is -0.857. The monoisotopic (exact) mass is 258 g/mol. The summed E-state index contributed by atoms with van der Waals surface area (Å²) in [4.78, 5) is 14.6. The van der Waals surface area contributed by atoms with E-state index in [0.29, 0.717) is 18.8 Å². The molecule has 1 aliphatic heterocycles. The van der Waals surface area contributed by atoms with Gasteiger partial charge in [0, 0.05) is 34.2 Å². The van der Waals surface area contributed by atoms with Crippen LogP contribution in [-0.4, -0.2) is 40.1 Å². The van der Waals surface area contributed by atoms with Crippen LogP contribution in [0, 0.1) is 0 Å². The van der Waals surface area contributed by atoms with Crippen molar-refractivity contribution in [2.75, 3.05) is 25.1 Å². The molecular weight excluding hydrogens is 244 g/mol. The molecule has 1 aromatic rings. The van der Waals surface area contributed by atoms with Crippen molar-refractivity contribution < 1.29 is 9.00 Å². The lowest BCUT2D eigenvalue weighted by molar-refractivity contribution is -0.127. The molecule has 1 aliphatic rings. The van der Waals surface area contributed by atoms with Gasteiger partial charge in [0.2, 0.25) is 5.91 Å². The fourth-order valence-corrected chi connectivity index (χ4v) is 2.99. The quantitative estimate of drug-likeness (QED) is 0.858. The number of hydrogen-bond donors (Lipinski definition) is 1. The number of nitrogens with zero attached hydrogens (tertiary/aromatic N) is 1. The zero-order valence-corrected chi connectivity index (χ0v) is 10.6. The highest BCUT2D eigenvalue weighted by atomic mass is 32.2. The minimum atomic E-state index is -0.857. The van der Waals surface area contributed by atoms with Crippen LogP contribution in [0.15, 0.2) is 17.5 Å². The van der Waals surface area contributed by atoms with Crippen LogP contribution in [0.3, 0.4) is 0 Å². The lowest BCUT2D eigenvalue weighted by atomic mass is 10.3. The van der Waals surface area contributed by atoms with Crippen molar-refractivity contribution in [3.05, 3.63) is 22.4 Å². The Hall–Kier alpha value is -0.720. The summed E-state index contributed by atoms with van der Waals surface area (Å²) in [5.41, 5.74) is 0. The van der Waals surface area contributed by atoms with Crippen LogP contribution >= 0.6 is 11.3 Å². The Bertz CT molecular complexity index is 392. The van der Waals surface area contributed by atoms with E-state index in [9.17, 15) is 9.00 Å². The molecule has 0 aromatic carbocycles. The topological polar surface area (TPSA) is 49.4 Å². The van der Waals surface area contributed by atoms with Gasteiger partial charge in [0.05, 0.1) is 6.54 Å². The molecular formula is C10H14N2O2S2. The largest absolute Gasteiger partial charge is 0.320 e. The van der Waals surface area contributed by atoms with Gasteiger partial charge >= 0.3 is 0 Å². The van der Waals surface area contributed by atoms with Crippen molar-refractivity contribution >= 4 is 28.0 Å². The van der Waals surface area contributed by atoms with Crippen LogP contribution in [0.2, 0.25) is 0 Å². The van der Waals surface area contributed by atoms with Crippen LogP contribution in [0.5, 0.6) is 0 Å². The zero-order chi connectivity index (χ0) is 11.5. The van der Waals surface area contributed by atoms with Crippen LogP contribution < -0.4 is 5.32 Å². The molecule has 2 heterocycles. The average molecular weight is 258 g/mol. The fourth-order valence-electron chi connectivity index (χ4n) is 1.72. The number of thiophene rings is 1. The normalized spacial score (nSPS) is 22.7. The summed E-state index contributed by atoms with van der Waals surface area (Å²) in [6, 6.07) is 3.98. The minimum absolute atomic E-state index is 0.0314. The van der Waals surface area contributed by atoms with Crippen molar-refractivity contribution in [2.45, 2.75) is 6.17 Å². The SMILES string of the molecule is CS(=O)CCN1C(=O)CNC1c1cccs1. The van der Waals surface area contributed by atoms with Gasteiger partial charge in [-0.05, 0) is 11.4 Å². The molecule has 2 unspecified atom stereocenters. The fraction of sp³-hybridized carbons (Fsp3) is 0.500. The van der Waals surface area contributed by atoms with Gasteiger partial charge in [-0.1, -0.05) is 6.07 Å². The number of carbonyl (C=O) groups is 1. The third-order valence-corrected chi connectivity index (χ3v) is 4.19. The third kappa shape index (κ3) is 2.50. The first kappa shape index (κ1) is 11.8. The maximum atomic E-state index is 11.7. The highest BCUT2D eigenvalue weighted by Gasteiger charge is 2.31. The van der Waals surface area contributed by atoms with Crippen molar-refractivity contribution in [1.29, 1.82) is 0 Å². The predicted molar refractivity (Wildman–Crippen MR) is 65.7 cm³/mol. The molecule has 0 aliphatic carbocycles. The van der Waals surface area contributed by atoms with Gasteiger partial charge in [-0.3, -0.25) is 14.3 Å². The standard InChI is InChI=1S/C10H14N2O2S2/c1-16(14)6-4-12-9(13)7-11-10(12)8-3-2-5-15-8/h2-3,5,10-11H,4,6-7H2,1H3. The van der Waals surface area contributed by atoms with Crippen molar-refractivity contribution in [3.63, 3.8) is 0 Å². The van der Waals surface area contributed by atoms with E-state index in [0.717, 1.165) is 4.88 Å². The Morgan fingerprint density at radius 2 is 2.50 bits per heavy atom. The Labute approximate surface area is 101 Å². The van der Waals surface area contributed by atoms with Crippen LogP contribution in [-0.2, 0) is 15.6 Å². The number of rotatable bonds is 4. The second kappa shape index (κ2) is 5.07. The molecule has 4 nitrogen and oxygen atoms in total. The third-order valence-electron chi connectivity index (χ3n) is 2.51. The second-order valence-corrected chi connectivity index (χ2v) is 6.20. The number of hydrogen-bond acceptors (Lipinski definition) is 4. The molecule has 1 fully saturated rings. The molecule has 0 saturated carbocycles. The van der Waals surface area contributed by atoms with E-state index in [4.69, 9.17) is 0 Å². The van der Waals surface area contributed by atoms with Crippen LogP contribution in [0.4, 0.5) is 0 Å². The summed E-state index contributed by atoms with van der Waals surface area (Å²) in [6.45, 7) is 0.927. The first-order chi connectivity index (χ1) is 7.68. The second-order valence-electron chi connectivity index (χ2n) is 3.66. The summed E-state index contributed by atoms with van der Waals surface area (Å²) in [5.74, 6) is 0.624. The Kier molecular flexibility index (Phi) is 3.73. The molecule has 1 amide bonds. The Morgan fingerprint density at radius 3 is 3.12 bits per heavy atom. The molecule has 2 atom stereocenters. The van der Waals surface area contributed by atoms with Crippen LogP contribution in [0.25, 0.3) is 0 Å². The first-order valence-electron chi connectivity index (χ1n) is 5.05. The lowest BCUT2D eigenvalue weighted by Gasteiger charge is -2.22. The zero-order valence-electron chi connectivity index (χ0n) is 9.01. The molecule has 0 bridgehead atoms. The highest BCUT2D eigenvalue weighted by Crippen LogP contribution is 2.25. The van der Waals surface area contributed by atoms with Crippen molar-refractivity contribution in [3.8, 4) is 0 Å². The van der Waals surface area contributed by atoms with Crippen molar-refractivity contribution in [1.82, 2.24) is 10.2 Å². The van der Waals surface area contributed by atoms with Gasteiger partial charge in [0.15, 0.2) is 0 Å².